The standard InChI is InChI=1S/C10H19NO2/c1-5-13-8(4)6-9(7(2)3)10(11)12/h7,9H,4-6H2,1-3H3,(H2,11,12). The van der Waals surface area contributed by atoms with Crippen LogP contribution in [-0.2, 0) is 9.53 Å². The highest BCUT2D eigenvalue weighted by atomic mass is 16.5. The molecule has 13 heavy (non-hydrogen) atoms. The lowest BCUT2D eigenvalue weighted by molar-refractivity contribution is -0.123. The number of amides is 1. The van der Waals surface area contributed by atoms with Crippen molar-refractivity contribution < 1.29 is 9.53 Å². The second-order valence-electron chi connectivity index (χ2n) is 3.43. The van der Waals surface area contributed by atoms with E-state index in [0.29, 0.717) is 18.8 Å². The number of carbonyl (C=O) groups is 1. The zero-order chi connectivity index (χ0) is 10.4. The minimum Gasteiger partial charge on any atom is -0.499 e. The molecule has 0 saturated carbocycles. The quantitative estimate of drug-likeness (QED) is 0.640. The summed E-state index contributed by atoms with van der Waals surface area (Å²) in [6.45, 7) is 10.1. The van der Waals surface area contributed by atoms with Crippen LogP contribution in [0.2, 0.25) is 0 Å². The van der Waals surface area contributed by atoms with Crippen molar-refractivity contribution in [1.82, 2.24) is 0 Å². The third kappa shape index (κ3) is 4.55. The fraction of sp³-hybridized carbons (Fsp3) is 0.700. The van der Waals surface area contributed by atoms with E-state index >= 15 is 0 Å². The van der Waals surface area contributed by atoms with Gasteiger partial charge in [0.05, 0.1) is 12.4 Å². The lowest BCUT2D eigenvalue weighted by Crippen LogP contribution is -2.28. The highest BCUT2D eigenvalue weighted by Crippen LogP contribution is 2.19. The minimum atomic E-state index is -0.282. The van der Waals surface area contributed by atoms with Gasteiger partial charge in [0.1, 0.15) is 0 Å². The normalized spacial score (nSPS) is 12.6. The van der Waals surface area contributed by atoms with Crippen molar-refractivity contribution in [2.45, 2.75) is 27.2 Å². The monoisotopic (exact) mass is 185 g/mol. The average Bonchev–Trinajstić information content (AvgIpc) is 1.99. The van der Waals surface area contributed by atoms with Gasteiger partial charge in [-0.05, 0) is 12.8 Å². The Bertz CT molecular complexity index is 187. The summed E-state index contributed by atoms with van der Waals surface area (Å²) < 4.78 is 5.17. The van der Waals surface area contributed by atoms with Crippen LogP contribution in [0, 0.1) is 11.8 Å². The van der Waals surface area contributed by atoms with Gasteiger partial charge >= 0.3 is 0 Å². The van der Waals surface area contributed by atoms with Crippen LogP contribution in [0.5, 0.6) is 0 Å². The van der Waals surface area contributed by atoms with Crippen LogP contribution in [-0.4, -0.2) is 12.5 Å². The fourth-order valence-corrected chi connectivity index (χ4v) is 1.17. The number of hydrogen-bond donors (Lipinski definition) is 1. The van der Waals surface area contributed by atoms with E-state index in [-0.39, 0.29) is 17.7 Å². The van der Waals surface area contributed by atoms with E-state index in [4.69, 9.17) is 10.5 Å². The Morgan fingerprint density at radius 3 is 2.38 bits per heavy atom. The van der Waals surface area contributed by atoms with Gasteiger partial charge in [-0.25, -0.2) is 0 Å². The van der Waals surface area contributed by atoms with Crippen LogP contribution < -0.4 is 5.73 Å². The molecule has 0 saturated heterocycles. The molecule has 1 unspecified atom stereocenters. The number of rotatable bonds is 6. The molecule has 0 aromatic rings. The highest BCUT2D eigenvalue weighted by Gasteiger charge is 2.20. The van der Waals surface area contributed by atoms with E-state index in [1.807, 2.05) is 20.8 Å². The first-order valence-corrected chi connectivity index (χ1v) is 4.58. The number of carbonyl (C=O) groups excluding carboxylic acids is 1. The van der Waals surface area contributed by atoms with Gasteiger partial charge in [0, 0.05) is 12.3 Å². The summed E-state index contributed by atoms with van der Waals surface area (Å²) in [4.78, 5) is 11.0. The van der Waals surface area contributed by atoms with Crippen molar-refractivity contribution in [3.63, 3.8) is 0 Å². The van der Waals surface area contributed by atoms with Crippen molar-refractivity contribution in [3.05, 3.63) is 12.3 Å². The third-order valence-corrected chi connectivity index (χ3v) is 1.97. The Labute approximate surface area is 79.9 Å². The molecule has 0 aromatic carbocycles. The average molecular weight is 185 g/mol. The number of allylic oxidation sites excluding steroid dienone is 1. The Morgan fingerprint density at radius 2 is 2.08 bits per heavy atom. The van der Waals surface area contributed by atoms with Crippen molar-refractivity contribution in [3.8, 4) is 0 Å². The molecule has 3 heteroatoms. The van der Waals surface area contributed by atoms with Gasteiger partial charge in [-0.1, -0.05) is 20.4 Å². The van der Waals surface area contributed by atoms with Gasteiger partial charge in [-0.3, -0.25) is 4.79 Å². The van der Waals surface area contributed by atoms with Crippen LogP contribution in [0.25, 0.3) is 0 Å². The van der Waals surface area contributed by atoms with E-state index in [0.717, 1.165) is 0 Å². The van der Waals surface area contributed by atoms with Crippen LogP contribution in [0.1, 0.15) is 27.2 Å². The van der Waals surface area contributed by atoms with E-state index in [2.05, 4.69) is 6.58 Å². The largest absolute Gasteiger partial charge is 0.499 e. The maximum Gasteiger partial charge on any atom is 0.221 e. The highest BCUT2D eigenvalue weighted by molar-refractivity contribution is 5.77. The Balaban J connectivity index is 4.10. The molecule has 3 nitrogen and oxygen atoms in total. The van der Waals surface area contributed by atoms with E-state index in [1.165, 1.54) is 0 Å². The summed E-state index contributed by atoms with van der Waals surface area (Å²) in [6.07, 6.45) is 0.529. The van der Waals surface area contributed by atoms with Crippen molar-refractivity contribution in [2.24, 2.45) is 17.6 Å². The number of ether oxygens (including phenoxy) is 1. The Kier molecular flexibility index (Phi) is 5.19. The first kappa shape index (κ1) is 12.0. The second kappa shape index (κ2) is 5.62. The summed E-state index contributed by atoms with van der Waals surface area (Å²) in [6, 6.07) is 0. The van der Waals surface area contributed by atoms with Gasteiger partial charge in [0.25, 0.3) is 0 Å². The van der Waals surface area contributed by atoms with Gasteiger partial charge in [0.15, 0.2) is 0 Å². The third-order valence-electron chi connectivity index (χ3n) is 1.97. The topological polar surface area (TPSA) is 52.3 Å². The first-order valence-electron chi connectivity index (χ1n) is 4.58. The molecule has 0 bridgehead atoms. The summed E-state index contributed by atoms with van der Waals surface area (Å²) >= 11 is 0. The Hall–Kier alpha value is -0.990. The van der Waals surface area contributed by atoms with E-state index < -0.39 is 0 Å². The molecule has 0 heterocycles. The first-order chi connectivity index (χ1) is 5.99. The smallest absolute Gasteiger partial charge is 0.221 e. The van der Waals surface area contributed by atoms with Crippen LogP contribution in [0.4, 0.5) is 0 Å². The minimum absolute atomic E-state index is 0.168. The molecule has 1 atom stereocenters. The predicted molar refractivity (Wildman–Crippen MR) is 52.9 cm³/mol. The van der Waals surface area contributed by atoms with Crippen molar-refractivity contribution in [1.29, 1.82) is 0 Å². The molecule has 0 aliphatic heterocycles. The fourth-order valence-electron chi connectivity index (χ4n) is 1.17. The molecule has 0 fully saturated rings. The van der Waals surface area contributed by atoms with E-state index in [9.17, 15) is 4.79 Å². The van der Waals surface area contributed by atoms with Gasteiger partial charge in [0.2, 0.25) is 5.91 Å². The van der Waals surface area contributed by atoms with Crippen LogP contribution in [0.15, 0.2) is 12.3 Å². The summed E-state index contributed by atoms with van der Waals surface area (Å²) in [5, 5.41) is 0. The zero-order valence-corrected chi connectivity index (χ0v) is 8.67. The molecule has 2 N–H and O–H groups in total. The molecule has 0 aliphatic rings. The van der Waals surface area contributed by atoms with Crippen LogP contribution >= 0.6 is 0 Å². The van der Waals surface area contributed by atoms with Gasteiger partial charge in [-0.2, -0.15) is 0 Å². The molecule has 0 spiro atoms. The molecule has 0 rings (SSSR count). The van der Waals surface area contributed by atoms with Crippen molar-refractivity contribution in [2.75, 3.05) is 6.61 Å². The summed E-state index contributed by atoms with van der Waals surface area (Å²) in [5.41, 5.74) is 5.25. The number of nitrogens with two attached hydrogens (primary N) is 1. The molecule has 0 aliphatic carbocycles. The lowest BCUT2D eigenvalue weighted by Gasteiger charge is -2.18. The van der Waals surface area contributed by atoms with Crippen molar-refractivity contribution >= 4 is 5.91 Å². The molecular formula is C10H19NO2. The van der Waals surface area contributed by atoms with E-state index in [1.54, 1.807) is 0 Å². The lowest BCUT2D eigenvalue weighted by atomic mass is 9.91. The molecule has 1 amide bonds. The molecule has 76 valence electrons. The van der Waals surface area contributed by atoms with Gasteiger partial charge in [-0.15, -0.1) is 0 Å². The Morgan fingerprint density at radius 1 is 1.54 bits per heavy atom. The molecule has 0 radical (unpaired) electrons. The maximum atomic E-state index is 11.0. The zero-order valence-electron chi connectivity index (χ0n) is 8.67. The number of primary amides is 1. The summed E-state index contributed by atoms with van der Waals surface area (Å²) in [7, 11) is 0. The predicted octanol–water partition coefficient (Wildman–Crippen LogP) is 1.68. The SMILES string of the molecule is C=C(CC(C(N)=O)C(C)C)OCC. The molecular weight excluding hydrogens is 166 g/mol. The number of hydrogen-bond acceptors (Lipinski definition) is 2. The maximum absolute atomic E-state index is 11.0. The van der Waals surface area contributed by atoms with Crippen LogP contribution in [0.3, 0.4) is 0 Å². The molecule has 0 aromatic heterocycles. The summed E-state index contributed by atoms with van der Waals surface area (Å²) in [5.74, 6) is 0.421. The van der Waals surface area contributed by atoms with Gasteiger partial charge < -0.3 is 10.5 Å². The second-order valence-corrected chi connectivity index (χ2v) is 3.43.